The van der Waals surface area contributed by atoms with Crippen LogP contribution >= 0.6 is 0 Å². The summed E-state index contributed by atoms with van der Waals surface area (Å²) in [6.45, 7) is 2.24. The zero-order valence-corrected chi connectivity index (χ0v) is 17.9. The zero-order valence-electron chi connectivity index (χ0n) is 14.8. The first kappa shape index (κ1) is 23.1. The smallest absolute Gasteiger partial charge is 0.872 e. The van der Waals surface area contributed by atoms with E-state index < -0.39 is 5.97 Å². The molecule has 4 heteroatoms. The van der Waals surface area contributed by atoms with Gasteiger partial charge in [0, 0.05) is 0 Å². The number of hydrogen-bond acceptors (Lipinski definition) is 2. The molecule has 0 unspecified atom stereocenters. The summed E-state index contributed by atoms with van der Waals surface area (Å²) >= 11 is 0. The van der Waals surface area contributed by atoms with Crippen LogP contribution in [-0.2, 0) is 6.42 Å². The molecular formula is C19H29KO3. The Balaban J connectivity index is 0.00000484. The minimum Gasteiger partial charge on any atom is -0.872 e. The number of unbranched alkanes of at least 4 members (excludes halogenated alkanes) is 9. The van der Waals surface area contributed by atoms with E-state index >= 15 is 0 Å². The van der Waals surface area contributed by atoms with E-state index in [0.717, 1.165) is 18.4 Å². The van der Waals surface area contributed by atoms with Crippen molar-refractivity contribution in [3.05, 3.63) is 29.3 Å². The molecule has 0 radical (unpaired) electrons. The maximum atomic E-state index is 11.6. The van der Waals surface area contributed by atoms with Gasteiger partial charge in [-0.1, -0.05) is 82.6 Å². The Kier molecular flexibility index (Phi) is 14.5. The van der Waals surface area contributed by atoms with Crippen LogP contribution in [-0.4, -0.2) is 11.1 Å². The summed E-state index contributed by atoms with van der Waals surface area (Å²) in [5.74, 6) is -1.52. The molecule has 0 fully saturated rings. The molecule has 124 valence electrons. The molecule has 0 atom stereocenters. The van der Waals surface area contributed by atoms with Crippen LogP contribution in [0.2, 0.25) is 0 Å². The molecule has 0 aliphatic carbocycles. The van der Waals surface area contributed by atoms with Gasteiger partial charge in [0.05, 0.1) is 5.56 Å². The van der Waals surface area contributed by atoms with Gasteiger partial charge in [-0.2, -0.15) is 0 Å². The Bertz CT molecular complexity index is 446. The standard InChI is InChI=1S/C19H30O3.K/c1-2-3-4-5-6-7-8-9-10-11-12-16-13-14-17(19(21)22)18(20)15-16;/h13-15,20H,2-12H2,1H3,(H,21,22);/q;+1/p-1. The Hall–Kier alpha value is 0.126. The van der Waals surface area contributed by atoms with Gasteiger partial charge in [0.25, 0.3) is 0 Å². The molecule has 0 amide bonds. The second-order valence-corrected chi connectivity index (χ2v) is 6.07. The largest absolute Gasteiger partial charge is 1.00 e. The molecule has 0 heterocycles. The zero-order chi connectivity index (χ0) is 16.2. The monoisotopic (exact) mass is 344 g/mol. The molecule has 23 heavy (non-hydrogen) atoms. The number of carboxylic acid groups (broad SMARTS) is 1. The molecule has 0 aromatic heterocycles. The fourth-order valence-electron chi connectivity index (χ4n) is 2.72. The van der Waals surface area contributed by atoms with Gasteiger partial charge in [-0.05, 0) is 24.5 Å². The van der Waals surface area contributed by atoms with Crippen molar-refractivity contribution in [2.45, 2.75) is 77.6 Å². The van der Waals surface area contributed by atoms with Crippen molar-refractivity contribution in [2.75, 3.05) is 0 Å². The summed E-state index contributed by atoms with van der Waals surface area (Å²) in [7, 11) is 0. The van der Waals surface area contributed by atoms with Crippen molar-refractivity contribution < 1.29 is 66.4 Å². The predicted molar refractivity (Wildman–Crippen MR) is 88.4 cm³/mol. The van der Waals surface area contributed by atoms with Gasteiger partial charge in [-0.25, -0.2) is 4.79 Å². The van der Waals surface area contributed by atoms with Gasteiger partial charge in [-0.15, -0.1) is 0 Å². The molecule has 0 spiro atoms. The Labute approximate surface area is 183 Å². The SMILES string of the molecule is CCCCCCCCCCCCc1ccc(C(=O)O)c([O-])c1.[K+]. The third-order valence-corrected chi connectivity index (χ3v) is 4.10. The van der Waals surface area contributed by atoms with Crippen LogP contribution in [0.4, 0.5) is 0 Å². The average Bonchev–Trinajstić information content (AvgIpc) is 2.49. The molecule has 3 nitrogen and oxygen atoms in total. The molecule has 1 N–H and O–H groups in total. The van der Waals surface area contributed by atoms with Crippen molar-refractivity contribution in [3.8, 4) is 5.75 Å². The Morgan fingerprint density at radius 1 is 0.957 bits per heavy atom. The quantitative estimate of drug-likeness (QED) is 0.465. The summed E-state index contributed by atoms with van der Waals surface area (Å²) in [6.07, 6.45) is 13.8. The number of hydrogen-bond donors (Lipinski definition) is 1. The van der Waals surface area contributed by atoms with E-state index in [1.165, 1.54) is 69.9 Å². The second kappa shape index (κ2) is 14.5. The molecule has 1 rings (SSSR count). The van der Waals surface area contributed by atoms with Gasteiger partial charge in [0.1, 0.15) is 0 Å². The third-order valence-electron chi connectivity index (χ3n) is 4.10. The van der Waals surface area contributed by atoms with Gasteiger partial charge >= 0.3 is 57.4 Å². The van der Waals surface area contributed by atoms with Crippen LogP contribution in [0.15, 0.2) is 18.2 Å². The number of rotatable bonds is 12. The van der Waals surface area contributed by atoms with Gasteiger partial charge in [0.15, 0.2) is 0 Å². The fourth-order valence-corrected chi connectivity index (χ4v) is 2.72. The normalized spacial score (nSPS) is 10.3. The van der Waals surface area contributed by atoms with E-state index in [1.54, 1.807) is 6.07 Å². The molecule has 1 aromatic carbocycles. The second-order valence-electron chi connectivity index (χ2n) is 6.07. The number of carboxylic acids is 1. The van der Waals surface area contributed by atoms with Gasteiger partial charge in [0.2, 0.25) is 0 Å². The fraction of sp³-hybridized carbons (Fsp3) is 0.632. The van der Waals surface area contributed by atoms with Crippen molar-refractivity contribution in [1.82, 2.24) is 0 Å². The van der Waals surface area contributed by atoms with Crippen LogP contribution < -0.4 is 56.5 Å². The number of carbonyl (C=O) groups is 1. The van der Waals surface area contributed by atoms with Crippen LogP contribution in [0.25, 0.3) is 0 Å². The van der Waals surface area contributed by atoms with Gasteiger partial charge < -0.3 is 10.2 Å². The van der Waals surface area contributed by atoms with Crippen LogP contribution in [0.1, 0.15) is 87.1 Å². The first-order chi connectivity index (χ1) is 10.6. The van der Waals surface area contributed by atoms with E-state index in [2.05, 4.69) is 6.92 Å². The summed E-state index contributed by atoms with van der Waals surface area (Å²) in [4.78, 5) is 10.8. The first-order valence-corrected chi connectivity index (χ1v) is 8.68. The number of benzene rings is 1. The van der Waals surface area contributed by atoms with E-state index in [9.17, 15) is 9.90 Å². The Morgan fingerprint density at radius 2 is 1.48 bits per heavy atom. The average molecular weight is 345 g/mol. The summed E-state index contributed by atoms with van der Waals surface area (Å²) in [6, 6.07) is 4.66. The third kappa shape index (κ3) is 10.6. The van der Waals surface area contributed by atoms with Crippen molar-refractivity contribution >= 4 is 5.97 Å². The molecule has 1 aromatic rings. The molecule has 0 aliphatic heterocycles. The Morgan fingerprint density at radius 3 is 1.96 bits per heavy atom. The van der Waals surface area contributed by atoms with E-state index in [4.69, 9.17) is 5.11 Å². The first-order valence-electron chi connectivity index (χ1n) is 8.68. The van der Waals surface area contributed by atoms with Crippen LogP contribution in [0.3, 0.4) is 0 Å². The molecule has 0 saturated carbocycles. The summed E-state index contributed by atoms with van der Waals surface area (Å²) < 4.78 is 0. The van der Waals surface area contributed by atoms with Gasteiger partial charge in [-0.3, -0.25) is 0 Å². The van der Waals surface area contributed by atoms with Crippen molar-refractivity contribution in [2.24, 2.45) is 0 Å². The maximum absolute atomic E-state index is 11.6. The minimum atomic E-state index is -1.14. The van der Waals surface area contributed by atoms with Crippen molar-refractivity contribution in [3.63, 3.8) is 0 Å². The number of aryl methyl sites for hydroxylation is 1. The topological polar surface area (TPSA) is 60.4 Å². The molecular weight excluding hydrogens is 315 g/mol. The molecule has 0 aliphatic rings. The van der Waals surface area contributed by atoms with Crippen LogP contribution in [0.5, 0.6) is 5.75 Å². The molecule has 0 saturated heterocycles. The maximum Gasteiger partial charge on any atom is 1.00 e. The summed E-state index contributed by atoms with van der Waals surface area (Å²) in [5, 5.41) is 20.4. The van der Waals surface area contributed by atoms with E-state index in [1.807, 2.05) is 0 Å². The summed E-state index contributed by atoms with van der Waals surface area (Å²) in [5.41, 5.74) is 0.821. The van der Waals surface area contributed by atoms with E-state index in [-0.39, 0.29) is 62.7 Å². The minimum absolute atomic E-state index is 0. The van der Waals surface area contributed by atoms with Crippen molar-refractivity contribution in [1.29, 1.82) is 0 Å². The van der Waals surface area contributed by atoms with E-state index in [0.29, 0.717) is 0 Å². The van der Waals surface area contributed by atoms with Crippen LogP contribution in [0, 0.1) is 0 Å². The predicted octanol–water partition coefficient (Wildman–Crippen LogP) is 1.93. The number of aromatic carboxylic acids is 1. The molecule has 0 bridgehead atoms.